The topological polar surface area (TPSA) is 90.9 Å². The summed E-state index contributed by atoms with van der Waals surface area (Å²) in [6, 6.07) is 16.4. The molecular weight excluding hydrogens is 264 g/mol. The second-order valence-corrected chi connectivity index (χ2v) is 4.67. The van der Waals surface area contributed by atoms with Gasteiger partial charge in [-0.2, -0.15) is 5.26 Å². The van der Waals surface area contributed by atoms with Crippen LogP contribution < -0.4 is 16.4 Å². The second-order valence-electron chi connectivity index (χ2n) is 4.67. The van der Waals surface area contributed by atoms with Gasteiger partial charge in [0.2, 0.25) is 0 Å². The summed E-state index contributed by atoms with van der Waals surface area (Å²) in [5.74, 6) is 0. The highest BCUT2D eigenvalue weighted by molar-refractivity contribution is 5.87. The molecule has 4 N–H and O–H groups in total. The Bertz CT molecular complexity index is 656. The maximum Gasteiger partial charge on any atom is 0.316 e. The Hall–Kier alpha value is -3.00. The van der Waals surface area contributed by atoms with E-state index >= 15 is 0 Å². The number of urea groups is 1. The Balaban J connectivity index is 2.03. The van der Waals surface area contributed by atoms with Gasteiger partial charge in [-0.25, -0.2) is 4.79 Å². The third-order valence-corrected chi connectivity index (χ3v) is 3.08. The molecule has 2 aromatic rings. The normalized spacial score (nSPS) is 11.2. The van der Waals surface area contributed by atoms with E-state index in [1.807, 2.05) is 31.2 Å². The highest BCUT2D eigenvalue weighted by Gasteiger charge is 2.06. The van der Waals surface area contributed by atoms with Gasteiger partial charge in [0.1, 0.15) is 0 Å². The smallest absolute Gasteiger partial charge is 0.316 e. The molecule has 2 amide bonds. The molecule has 0 saturated carbocycles. The van der Waals surface area contributed by atoms with Gasteiger partial charge in [-0.15, -0.1) is 0 Å². The fraction of sp³-hybridized carbons (Fsp3) is 0.125. The predicted octanol–water partition coefficient (Wildman–Crippen LogP) is 3.22. The minimum Gasteiger partial charge on any atom is -0.379 e. The molecule has 2 aromatic carbocycles. The Morgan fingerprint density at radius 2 is 1.67 bits per heavy atom. The van der Waals surface area contributed by atoms with Crippen molar-refractivity contribution in [3.63, 3.8) is 0 Å². The van der Waals surface area contributed by atoms with E-state index in [4.69, 9.17) is 11.0 Å². The quantitative estimate of drug-likeness (QED) is 0.803. The first kappa shape index (κ1) is 14.4. The minimum atomic E-state index is -0.577. The maximum atomic E-state index is 10.8. The number of nitrogens with one attached hydrogen (secondary N) is 2. The van der Waals surface area contributed by atoms with Gasteiger partial charge in [0.05, 0.1) is 11.6 Å². The summed E-state index contributed by atoms with van der Waals surface area (Å²) in [5.41, 5.74) is 8.38. The number of nitriles is 1. The van der Waals surface area contributed by atoms with Crippen molar-refractivity contribution in [1.82, 2.24) is 0 Å². The summed E-state index contributed by atoms with van der Waals surface area (Å²) in [4.78, 5) is 10.8. The third kappa shape index (κ3) is 3.98. The fourth-order valence-corrected chi connectivity index (χ4v) is 1.97. The van der Waals surface area contributed by atoms with E-state index < -0.39 is 6.03 Å². The fourth-order valence-electron chi connectivity index (χ4n) is 1.97. The zero-order valence-corrected chi connectivity index (χ0v) is 11.6. The predicted molar refractivity (Wildman–Crippen MR) is 82.8 cm³/mol. The summed E-state index contributed by atoms with van der Waals surface area (Å²) in [6.45, 7) is 2.04. The molecule has 0 aromatic heterocycles. The molecule has 0 fully saturated rings. The number of hydrogen-bond donors (Lipinski definition) is 3. The molecule has 0 heterocycles. The van der Waals surface area contributed by atoms with Crippen molar-refractivity contribution >= 4 is 17.4 Å². The second kappa shape index (κ2) is 6.44. The third-order valence-electron chi connectivity index (χ3n) is 3.08. The summed E-state index contributed by atoms with van der Waals surface area (Å²) >= 11 is 0. The molecule has 0 saturated heterocycles. The molecule has 0 radical (unpaired) electrons. The minimum absolute atomic E-state index is 0.0977. The van der Waals surface area contributed by atoms with E-state index in [0.717, 1.165) is 11.3 Å². The molecule has 0 aliphatic rings. The lowest BCUT2D eigenvalue weighted by atomic mass is 10.1. The van der Waals surface area contributed by atoms with Crippen LogP contribution in [0.5, 0.6) is 0 Å². The molecule has 21 heavy (non-hydrogen) atoms. The number of rotatable bonds is 4. The maximum absolute atomic E-state index is 10.8. The molecule has 0 spiro atoms. The van der Waals surface area contributed by atoms with E-state index in [0.29, 0.717) is 11.3 Å². The summed E-state index contributed by atoms with van der Waals surface area (Å²) in [6.07, 6.45) is 0. The van der Waals surface area contributed by atoms with Crippen molar-refractivity contribution in [3.8, 4) is 6.07 Å². The van der Waals surface area contributed by atoms with Gasteiger partial charge in [0.25, 0.3) is 0 Å². The van der Waals surface area contributed by atoms with Crippen LogP contribution in [0.25, 0.3) is 0 Å². The first-order valence-electron chi connectivity index (χ1n) is 6.51. The highest BCUT2D eigenvalue weighted by Crippen LogP contribution is 2.21. The molecule has 0 bridgehead atoms. The van der Waals surface area contributed by atoms with E-state index in [1.54, 1.807) is 24.3 Å². The first-order valence-corrected chi connectivity index (χ1v) is 6.51. The van der Waals surface area contributed by atoms with Crippen LogP contribution in [0.1, 0.15) is 24.1 Å². The largest absolute Gasteiger partial charge is 0.379 e. The zero-order chi connectivity index (χ0) is 15.2. The van der Waals surface area contributed by atoms with Crippen molar-refractivity contribution in [1.29, 1.82) is 5.26 Å². The average Bonchev–Trinajstić information content (AvgIpc) is 2.48. The van der Waals surface area contributed by atoms with Gasteiger partial charge in [0.15, 0.2) is 0 Å². The molecular formula is C16H16N4O. The standard InChI is InChI=1S/C16H16N4O/c1-11(19-14-6-2-12(10-17)3-7-14)13-4-8-15(9-5-13)20-16(18)21/h2-9,11,19H,1H3,(H3,18,20,21). The molecule has 1 unspecified atom stereocenters. The number of hydrogen-bond acceptors (Lipinski definition) is 3. The molecule has 5 heteroatoms. The van der Waals surface area contributed by atoms with Gasteiger partial charge in [-0.3, -0.25) is 0 Å². The number of carbonyl (C=O) groups excluding carboxylic acids is 1. The van der Waals surface area contributed by atoms with E-state index in [-0.39, 0.29) is 6.04 Å². The number of nitrogens with zero attached hydrogens (tertiary/aromatic N) is 1. The SMILES string of the molecule is CC(Nc1ccc(C#N)cc1)c1ccc(NC(N)=O)cc1. The van der Waals surface area contributed by atoms with Crippen LogP contribution in [0.3, 0.4) is 0 Å². The molecule has 5 nitrogen and oxygen atoms in total. The van der Waals surface area contributed by atoms with Gasteiger partial charge >= 0.3 is 6.03 Å². The van der Waals surface area contributed by atoms with Crippen LogP contribution in [0.2, 0.25) is 0 Å². The van der Waals surface area contributed by atoms with Gasteiger partial charge in [0, 0.05) is 17.4 Å². The lowest BCUT2D eigenvalue weighted by Gasteiger charge is -2.16. The van der Waals surface area contributed by atoms with Gasteiger partial charge in [-0.1, -0.05) is 12.1 Å². The van der Waals surface area contributed by atoms with Crippen LogP contribution in [-0.4, -0.2) is 6.03 Å². The van der Waals surface area contributed by atoms with Crippen molar-refractivity contribution in [2.24, 2.45) is 5.73 Å². The number of carbonyl (C=O) groups is 1. The summed E-state index contributed by atoms with van der Waals surface area (Å²) < 4.78 is 0. The van der Waals surface area contributed by atoms with Crippen LogP contribution in [-0.2, 0) is 0 Å². The molecule has 1 atom stereocenters. The van der Waals surface area contributed by atoms with Crippen molar-refractivity contribution in [2.75, 3.05) is 10.6 Å². The Morgan fingerprint density at radius 3 is 2.19 bits per heavy atom. The Labute approximate surface area is 123 Å². The monoisotopic (exact) mass is 280 g/mol. The Kier molecular flexibility index (Phi) is 4.42. The van der Waals surface area contributed by atoms with Crippen LogP contribution in [0.4, 0.5) is 16.2 Å². The number of anilines is 2. The first-order chi connectivity index (χ1) is 10.1. The molecule has 2 rings (SSSR count). The van der Waals surface area contributed by atoms with E-state index in [1.165, 1.54) is 0 Å². The van der Waals surface area contributed by atoms with Gasteiger partial charge in [-0.05, 0) is 48.9 Å². The highest BCUT2D eigenvalue weighted by atomic mass is 16.2. The molecule has 0 aliphatic carbocycles. The van der Waals surface area contributed by atoms with Crippen LogP contribution in [0, 0.1) is 11.3 Å². The number of primary amides is 1. The van der Waals surface area contributed by atoms with Crippen molar-refractivity contribution in [2.45, 2.75) is 13.0 Å². The number of nitrogens with two attached hydrogens (primary N) is 1. The van der Waals surface area contributed by atoms with Crippen LogP contribution in [0.15, 0.2) is 48.5 Å². The summed E-state index contributed by atoms with van der Waals surface area (Å²) in [5, 5.41) is 14.6. The zero-order valence-electron chi connectivity index (χ0n) is 11.6. The van der Waals surface area contributed by atoms with Crippen LogP contribution >= 0.6 is 0 Å². The van der Waals surface area contributed by atoms with Crippen molar-refractivity contribution < 1.29 is 4.79 Å². The van der Waals surface area contributed by atoms with E-state index in [9.17, 15) is 4.79 Å². The molecule has 0 aliphatic heterocycles. The van der Waals surface area contributed by atoms with Crippen molar-refractivity contribution in [3.05, 3.63) is 59.7 Å². The number of amides is 2. The van der Waals surface area contributed by atoms with E-state index in [2.05, 4.69) is 16.7 Å². The lowest BCUT2D eigenvalue weighted by molar-refractivity contribution is 0.259. The lowest BCUT2D eigenvalue weighted by Crippen LogP contribution is -2.19. The Morgan fingerprint density at radius 1 is 1.10 bits per heavy atom. The number of benzene rings is 2. The van der Waals surface area contributed by atoms with Gasteiger partial charge < -0.3 is 16.4 Å². The summed E-state index contributed by atoms with van der Waals surface area (Å²) in [7, 11) is 0. The average molecular weight is 280 g/mol. The molecule has 106 valence electrons.